The van der Waals surface area contributed by atoms with Crippen LogP contribution in [0.15, 0.2) is 180 Å². The van der Waals surface area contributed by atoms with E-state index in [9.17, 15) is 0 Å². The Bertz CT molecular complexity index is 3680. The van der Waals surface area contributed by atoms with Crippen LogP contribution >= 0.6 is 11.3 Å². The highest BCUT2D eigenvalue weighted by atomic mass is 32.1. The number of nitrogens with zero attached hydrogens (tertiary/aromatic N) is 3. The summed E-state index contributed by atoms with van der Waals surface area (Å²) in [6.45, 7) is 4.71. The van der Waals surface area contributed by atoms with E-state index in [-0.39, 0.29) is 5.41 Å². The largest absolute Gasteiger partial charge is 0.456 e. The molecule has 0 atom stereocenters. The summed E-state index contributed by atoms with van der Waals surface area (Å²) in [5.74, 6) is 0.719. The number of hydrogen-bond donors (Lipinski definition) is 0. The first kappa shape index (κ1) is 33.6. The minimum absolute atomic E-state index is 0.209. The van der Waals surface area contributed by atoms with E-state index >= 15 is 0 Å². The van der Waals surface area contributed by atoms with Crippen LogP contribution in [0.5, 0.6) is 0 Å². The highest BCUT2D eigenvalue weighted by molar-refractivity contribution is 7.25. The molecule has 0 unspecified atom stereocenters. The third kappa shape index (κ3) is 4.84. The summed E-state index contributed by atoms with van der Waals surface area (Å²) in [7, 11) is 0. The van der Waals surface area contributed by atoms with Crippen molar-refractivity contribution in [2.24, 2.45) is 0 Å². The molecule has 8 aromatic carbocycles. The van der Waals surface area contributed by atoms with Gasteiger partial charge in [-0.05, 0) is 95.1 Å². The van der Waals surface area contributed by atoms with Crippen LogP contribution in [0.3, 0.4) is 0 Å². The van der Waals surface area contributed by atoms with Crippen LogP contribution in [0.4, 0.5) is 0 Å². The van der Waals surface area contributed by atoms with E-state index in [4.69, 9.17) is 14.4 Å². The summed E-state index contributed by atoms with van der Waals surface area (Å²) in [4.78, 5) is 10.2. The van der Waals surface area contributed by atoms with Gasteiger partial charge in [0, 0.05) is 69.5 Å². The highest BCUT2D eigenvalue weighted by Crippen LogP contribution is 2.53. The fourth-order valence-corrected chi connectivity index (χ4v) is 10.9. The minimum Gasteiger partial charge on any atom is -0.456 e. The average molecular weight is 786 g/mol. The van der Waals surface area contributed by atoms with Gasteiger partial charge in [-0.2, -0.15) is 0 Å². The molecular formula is C55H35N3OS. The third-order valence-electron chi connectivity index (χ3n) is 12.8. The lowest BCUT2D eigenvalue weighted by molar-refractivity contribution is 0.647. The smallest absolute Gasteiger partial charge is 0.160 e. The van der Waals surface area contributed by atoms with E-state index in [2.05, 4.69) is 164 Å². The molecule has 0 saturated carbocycles. The molecule has 12 aromatic rings. The number of hydrogen-bond acceptors (Lipinski definition) is 4. The molecule has 5 heteroatoms. The van der Waals surface area contributed by atoms with Crippen LogP contribution in [0, 0.1) is 0 Å². The number of rotatable bonds is 4. The van der Waals surface area contributed by atoms with E-state index in [0.29, 0.717) is 0 Å². The Morgan fingerprint density at radius 2 is 1.08 bits per heavy atom. The first-order valence-electron chi connectivity index (χ1n) is 20.5. The van der Waals surface area contributed by atoms with E-state index in [1.165, 1.54) is 69.6 Å². The second-order valence-corrected chi connectivity index (χ2v) is 17.7. The monoisotopic (exact) mass is 785 g/mol. The molecule has 1 aliphatic rings. The maximum Gasteiger partial charge on any atom is 0.160 e. The number of furan rings is 1. The van der Waals surface area contributed by atoms with E-state index < -0.39 is 0 Å². The van der Waals surface area contributed by atoms with Crippen LogP contribution in [-0.4, -0.2) is 14.5 Å². The lowest BCUT2D eigenvalue weighted by Gasteiger charge is -2.21. The number of para-hydroxylation sites is 2. The Morgan fingerprint density at radius 1 is 0.450 bits per heavy atom. The van der Waals surface area contributed by atoms with Gasteiger partial charge in [-0.1, -0.05) is 117 Å². The van der Waals surface area contributed by atoms with Gasteiger partial charge in [0.05, 0.1) is 22.4 Å². The lowest BCUT2D eigenvalue weighted by atomic mass is 9.82. The Morgan fingerprint density at radius 3 is 1.88 bits per heavy atom. The van der Waals surface area contributed by atoms with Crippen molar-refractivity contribution in [2.75, 3.05) is 0 Å². The van der Waals surface area contributed by atoms with Gasteiger partial charge in [0.1, 0.15) is 11.2 Å². The van der Waals surface area contributed by atoms with Crippen molar-refractivity contribution in [3.05, 3.63) is 187 Å². The molecule has 0 N–H and O–H groups in total. The molecule has 0 aliphatic heterocycles. The van der Waals surface area contributed by atoms with E-state index in [0.717, 1.165) is 56.1 Å². The van der Waals surface area contributed by atoms with Crippen LogP contribution in [0.2, 0.25) is 0 Å². The summed E-state index contributed by atoms with van der Waals surface area (Å²) in [5.41, 5.74) is 15.4. The van der Waals surface area contributed by atoms with Crippen molar-refractivity contribution in [3.8, 4) is 50.7 Å². The number of fused-ring (bicyclic) bond motifs is 12. The zero-order valence-electron chi connectivity index (χ0n) is 32.9. The first-order chi connectivity index (χ1) is 29.5. The summed E-state index contributed by atoms with van der Waals surface area (Å²) in [6, 6.07) is 63.3. The Kier molecular flexibility index (Phi) is 6.91. The predicted molar refractivity (Wildman–Crippen MR) is 250 cm³/mol. The Balaban J connectivity index is 0.991. The molecule has 0 saturated heterocycles. The van der Waals surface area contributed by atoms with Gasteiger partial charge in [0.2, 0.25) is 0 Å². The van der Waals surface area contributed by atoms with Crippen LogP contribution in [0.25, 0.3) is 115 Å². The summed E-state index contributed by atoms with van der Waals surface area (Å²) in [6.07, 6.45) is 0. The standard InChI is InChI=1S/C55H35N3OS/c1-55(2)44-29-49-40(27-38(44)39-28-41-37-18-10-12-20-50(37)59-51(41)30-45(39)55)36-17-9-11-19-48(36)58(49)35-22-24-53-43(26-35)42-25-34(21-23-52(42)60-53)47-31-46(32-13-5-3-6-14-32)56-54(57-47)33-15-7-4-8-16-33/h3-31H,1-2H3. The molecule has 4 aromatic heterocycles. The molecular weight excluding hydrogens is 751 g/mol. The summed E-state index contributed by atoms with van der Waals surface area (Å²) < 4.78 is 11.4. The number of benzene rings is 8. The number of aromatic nitrogens is 3. The fraction of sp³-hybridized carbons (Fsp3) is 0.0545. The molecule has 60 heavy (non-hydrogen) atoms. The molecule has 4 nitrogen and oxygen atoms in total. The van der Waals surface area contributed by atoms with Crippen LogP contribution in [0.1, 0.15) is 25.0 Å². The van der Waals surface area contributed by atoms with Gasteiger partial charge in [0.25, 0.3) is 0 Å². The molecule has 0 radical (unpaired) electrons. The molecule has 0 fully saturated rings. The van der Waals surface area contributed by atoms with Crippen molar-refractivity contribution < 1.29 is 4.42 Å². The average Bonchev–Trinajstić information content (AvgIpc) is 4.01. The van der Waals surface area contributed by atoms with Crippen molar-refractivity contribution in [1.29, 1.82) is 0 Å². The lowest BCUT2D eigenvalue weighted by Crippen LogP contribution is -2.15. The SMILES string of the molecule is CC1(C)c2cc3oc4ccccc4c3cc2-c2cc3c4ccccc4n(-c4ccc5sc6ccc(-c7cc(-c8ccccc8)nc(-c8ccccc8)n7)cc6c5c4)c3cc21. The highest BCUT2D eigenvalue weighted by Gasteiger charge is 2.37. The maximum atomic E-state index is 6.40. The number of thiophene rings is 1. The third-order valence-corrected chi connectivity index (χ3v) is 14.0. The van der Waals surface area contributed by atoms with Crippen LogP contribution in [-0.2, 0) is 5.41 Å². The molecule has 1 aliphatic carbocycles. The molecule has 282 valence electrons. The topological polar surface area (TPSA) is 43.9 Å². The Labute approximate surface area is 349 Å². The first-order valence-corrected chi connectivity index (χ1v) is 21.3. The van der Waals surface area contributed by atoms with Crippen molar-refractivity contribution >= 4 is 75.3 Å². The quantitative estimate of drug-likeness (QED) is 0.178. The predicted octanol–water partition coefficient (Wildman–Crippen LogP) is 15.1. The van der Waals surface area contributed by atoms with E-state index in [1.54, 1.807) is 0 Å². The van der Waals surface area contributed by atoms with Gasteiger partial charge in [-0.15, -0.1) is 11.3 Å². The molecule has 0 spiro atoms. The summed E-state index contributed by atoms with van der Waals surface area (Å²) in [5, 5.41) is 7.31. The van der Waals surface area contributed by atoms with E-state index in [1.807, 2.05) is 41.7 Å². The zero-order chi connectivity index (χ0) is 39.7. The van der Waals surface area contributed by atoms with Gasteiger partial charge < -0.3 is 8.98 Å². The van der Waals surface area contributed by atoms with Crippen LogP contribution < -0.4 is 0 Å². The zero-order valence-corrected chi connectivity index (χ0v) is 33.7. The second-order valence-electron chi connectivity index (χ2n) is 16.6. The Hall–Kier alpha value is -7.34. The van der Waals surface area contributed by atoms with Gasteiger partial charge >= 0.3 is 0 Å². The maximum absolute atomic E-state index is 6.40. The minimum atomic E-state index is -0.209. The van der Waals surface area contributed by atoms with Gasteiger partial charge in [-0.25, -0.2) is 9.97 Å². The molecule has 0 amide bonds. The van der Waals surface area contributed by atoms with Gasteiger partial charge in [-0.3, -0.25) is 0 Å². The summed E-state index contributed by atoms with van der Waals surface area (Å²) >= 11 is 1.84. The second kappa shape index (κ2) is 12.3. The fourth-order valence-electron chi connectivity index (χ4n) is 9.82. The molecule has 4 heterocycles. The molecule has 0 bridgehead atoms. The van der Waals surface area contributed by atoms with Gasteiger partial charge in [0.15, 0.2) is 5.82 Å². The normalized spacial score (nSPS) is 13.3. The van der Waals surface area contributed by atoms with Crippen molar-refractivity contribution in [2.45, 2.75) is 19.3 Å². The van der Waals surface area contributed by atoms with Crippen molar-refractivity contribution in [1.82, 2.24) is 14.5 Å². The van der Waals surface area contributed by atoms with Crippen molar-refractivity contribution in [3.63, 3.8) is 0 Å². The molecule has 13 rings (SSSR count).